The lowest BCUT2D eigenvalue weighted by Gasteiger charge is -2.13. The molecule has 0 atom stereocenters. The largest absolute Gasteiger partial charge is 0.508 e. The average Bonchev–Trinajstić information content (AvgIpc) is 2.81. The Morgan fingerprint density at radius 2 is 2.00 bits per heavy atom. The molecular formula is C14H20N4O. The van der Waals surface area contributed by atoms with Gasteiger partial charge in [0.05, 0.1) is 23.3 Å². The fourth-order valence-electron chi connectivity index (χ4n) is 2.06. The number of rotatable bonds is 5. The summed E-state index contributed by atoms with van der Waals surface area (Å²) in [5.74, 6) is 0.583. The maximum atomic E-state index is 9.35. The van der Waals surface area contributed by atoms with E-state index in [0.29, 0.717) is 12.5 Å². The minimum absolute atomic E-state index is 0.253. The van der Waals surface area contributed by atoms with E-state index in [1.807, 2.05) is 23.0 Å². The predicted octanol–water partition coefficient (Wildman–Crippen LogP) is 2.07. The van der Waals surface area contributed by atoms with Crippen LogP contribution in [-0.2, 0) is 0 Å². The second-order valence-corrected chi connectivity index (χ2v) is 4.74. The SMILES string of the molecule is CC(C)c1c(NCCN)cnn1-c1ccc(O)cc1. The van der Waals surface area contributed by atoms with E-state index in [9.17, 15) is 5.11 Å². The molecule has 0 saturated carbocycles. The van der Waals surface area contributed by atoms with Gasteiger partial charge in [0.1, 0.15) is 5.75 Å². The molecule has 1 aromatic heterocycles. The van der Waals surface area contributed by atoms with Gasteiger partial charge in [-0.15, -0.1) is 0 Å². The van der Waals surface area contributed by atoms with Crippen molar-refractivity contribution in [1.82, 2.24) is 9.78 Å². The Bertz CT molecular complexity index is 531. The first-order chi connectivity index (χ1) is 9.13. The first-order valence-electron chi connectivity index (χ1n) is 6.44. The van der Waals surface area contributed by atoms with Crippen molar-refractivity contribution in [2.24, 2.45) is 5.73 Å². The number of aromatic hydroxyl groups is 1. The van der Waals surface area contributed by atoms with Crippen LogP contribution in [0.3, 0.4) is 0 Å². The maximum Gasteiger partial charge on any atom is 0.115 e. The third-order valence-corrected chi connectivity index (χ3v) is 2.91. The molecule has 0 unspecified atom stereocenters. The van der Waals surface area contributed by atoms with Crippen LogP contribution in [-0.4, -0.2) is 28.0 Å². The van der Waals surface area contributed by atoms with E-state index in [-0.39, 0.29) is 5.75 Å². The normalized spacial score (nSPS) is 10.9. The lowest BCUT2D eigenvalue weighted by molar-refractivity contribution is 0.475. The van der Waals surface area contributed by atoms with Gasteiger partial charge in [0.2, 0.25) is 0 Å². The summed E-state index contributed by atoms with van der Waals surface area (Å²) in [6.45, 7) is 5.56. The van der Waals surface area contributed by atoms with Crippen molar-refractivity contribution in [3.8, 4) is 11.4 Å². The van der Waals surface area contributed by atoms with Gasteiger partial charge in [-0.1, -0.05) is 13.8 Å². The Morgan fingerprint density at radius 3 is 2.58 bits per heavy atom. The molecule has 102 valence electrons. The maximum absolute atomic E-state index is 9.35. The van der Waals surface area contributed by atoms with E-state index in [0.717, 1.165) is 23.6 Å². The number of phenols is 1. The van der Waals surface area contributed by atoms with E-state index in [1.54, 1.807) is 12.1 Å². The first-order valence-corrected chi connectivity index (χ1v) is 6.44. The van der Waals surface area contributed by atoms with Gasteiger partial charge in [0.25, 0.3) is 0 Å². The van der Waals surface area contributed by atoms with Crippen LogP contribution in [0, 0.1) is 0 Å². The topological polar surface area (TPSA) is 76.1 Å². The van der Waals surface area contributed by atoms with Crippen molar-refractivity contribution in [3.05, 3.63) is 36.2 Å². The molecule has 2 rings (SSSR count). The van der Waals surface area contributed by atoms with Gasteiger partial charge in [-0.3, -0.25) is 0 Å². The summed E-state index contributed by atoms with van der Waals surface area (Å²) in [4.78, 5) is 0. The lowest BCUT2D eigenvalue weighted by atomic mass is 10.1. The highest BCUT2D eigenvalue weighted by Gasteiger charge is 2.15. The number of nitrogens with one attached hydrogen (secondary N) is 1. The molecule has 2 aromatic rings. The van der Waals surface area contributed by atoms with Crippen molar-refractivity contribution in [2.75, 3.05) is 18.4 Å². The summed E-state index contributed by atoms with van der Waals surface area (Å²) < 4.78 is 1.89. The number of phenolic OH excluding ortho intramolecular Hbond substituents is 1. The Morgan fingerprint density at radius 1 is 1.32 bits per heavy atom. The number of hydrogen-bond donors (Lipinski definition) is 3. The Balaban J connectivity index is 2.39. The van der Waals surface area contributed by atoms with Gasteiger partial charge in [-0.25, -0.2) is 4.68 Å². The summed E-state index contributed by atoms with van der Waals surface area (Å²) >= 11 is 0. The number of nitrogens with two attached hydrogens (primary N) is 1. The van der Waals surface area contributed by atoms with Crippen LogP contribution in [0.15, 0.2) is 30.5 Å². The zero-order chi connectivity index (χ0) is 13.8. The van der Waals surface area contributed by atoms with E-state index in [2.05, 4.69) is 24.3 Å². The van der Waals surface area contributed by atoms with Crippen LogP contribution in [0.25, 0.3) is 5.69 Å². The predicted molar refractivity (Wildman–Crippen MR) is 76.9 cm³/mol. The van der Waals surface area contributed by atoms with Gasteiger partial charge in [0, 0.05) is 13.1 Å². The van der Waals surface area contributed by atoms with E-state index < -0.39 is 0 Å². The minimum atomic E-state index is 0.253. The number of anilines is 1. The van der Waals surface area contributed by atoms with Crippen LogP contribution in [0.5, 0.6) is 5.75 Å². The molecule has 19 heavy (non-hydrogen) atoms. The van der Waals surface area contributed by atoms with Crippen molar-refractivity contribution in [2.45, 2.75) is 19.8 Å². The summed E-state index contributed by atoms with van der Waals surface area (Å²) in [6, 6.07) is 7.02. The number of benzene rings is 1. The molecule has 0 amide bonds. The van der Waals surface area contributed by atoms with E-state index >= 15 is 0 Å². The third kappa shape index (κ3) is 2.88. The van der Waals surface area contributed by atoms with E-state index in [1.165, 1.54) is 0 Å². The second-order valence-electron chi connectivity index (χ2n) is 4.74. The highest BCUT2D eigenvalue weighted by atomic mass is 16.3. The van der Waals surface area contributed by atoms with Crippen LogP contribution in [0.2, 0.25) is 0 Å². The summed E-state index contributed by atoms with van der Waals surface area (Å²) in [5, 5.41) is 17.1. The highest BCUT2D eigenvalue weighted by Crippen LogP contribution is 2.27. The van der Waals surface area contributed by atoms with Crippen LogP contribution in [0.1, 0.15) is 25.5 Å². The summed E-state index contributed by atoms with van der Waals surface area (Å²) in [7, 11) is 0. The number of aromatic nitrogens is 2. The molecule has 1 aromatic carbocycles. The lowest BCUT2D eigenvalue weighted by Crippen LogP contribution is -2.14. The van der Waals surface area contributed by atoms with Crippen LogP contribution >= 0.6 is 0 Å². The summed E-state index contributed by atoms with van der Waals surface area (Å²) in [6.07, 6.45) is 1.82. The molecule has 0 fully saturated rings. The zero-order valence-electron chi connectivity index (χ0n) is 11.3. The molecule has 4 N–H and O–H groups in total. The molecule has 0 bridgehead atoms. The zero-order valence-corrected chi connectivity index (χ0v) is 11.3. The quantitative estimate of drug-likeness (QED) is 0.769. The molecule has 0 saturated heterocycles. The highest BCUT2D eigenvalue weighted by molar-refractivity contribution is 5.52. The monoisotopic (exact) mass is 260 g/mol. The molecule has 0 aliphatic heterocycles. The molecular weight excluding hydrogens is 240 g/mol. The summed E-state index contributed by atoms with van der Waals surface area (Å²) in [5.41, 5.74) is 8.57. The third-order valence-electron chi connectivity index (χ3n) is 2.91. The van der Waals surface area contributed by atoms with Crippen molar-refractivity contribution >= 4 is 5.69 Å². The van der Waals surface area contributed by atoms with Gasteiger partial charge in [-0.05, 0) is 30.2 Å². The molecule has 0 radical (unpaired) electrons. The van der Waals surface area contributed by atoms with Crippen molar-refractivity contribution < 1.29 is 5.11 Å². The smallest absolute Gasteiger partial charge is 0.115 e. The van der Waals surface area contributed by atoms with Crippen LogP contribution < -0.4 is 11.1 Å². The van der Waals surface area contributed by atoms with Gasteiger partial charge in [0.15, 0.2) is 0 Å². The van der Waals surface area contributed by atoms with Crippen molar-refractivity contribution in [3.63, 3.8) is 0 Å². The van der Waals surface area contributed by atoms with E-state index in [4.69, 9.17) is 5.73 Å². The van der Waals surface area contributed by atoms with Gasteiger partial charge < -0.3 is 16.2 Å². The van der Waals surface area contributed by atoms with Crippen LogP contribution in [0.4, 0.5) is 5.69 Å². The molecule has 5 heteroatoms. The Labute approximate surface area is 113 Å². The van der Waals surface area contributed by atoms with Gasteiger partial charge in [-0.2, -0.15) is 5.10 Å². The first kappa shape index (κ1) is 13.4. The molecule has 0 spiro atoms. The number of nitrogens with zero attached hydrogens (tertiary/aromatic N) is 2. The fraction of sp³-hybridized carbons (Fsp3) is 0.357. The van der Waals surface area contributed by atoms with Crippen molar-refractivity contribution in [1.29, 1.82) is 0 Å². The molecule has 5 nitrogen and oxygen atoms in total. The van der Waals surface area contributed by atoms with Gasteiger partial charge >= 0.3 is 0 Å². The molecule has 0 aliphatic carbocycles. The minimum Gasteiger partial charge on any atom is -0.508 e. The average molecular weight is 260 g/mol. The molecule has 0 aliphatic rings. The Hall–Kier alpha value is -2.01. The Kier molecular flexibility index (Phi) is 4.06. The fourth-order valence-corrected chi connectivity index (χ4v) is 2.06. The second kappa shape index (κ2) is 5.75. The molecule has 1 heterocycles. The standard InChI is InChI=1S/C14H20N4O/c1-10(2)14-13(16-8-7-15)9-17-18(14)11-3-5-12(19)6-4-11/h3-6,9-10,16,19H,7-8,15H2,1-2H3. The number of hydrogen-bond acceptors (Lipinski definition) is 4.